The van der Waals surface area contributed by atoms with E-state index in [4.69, 9.17) is 0 Å². The van der Waals surface area contributed by atoms with Gasteiger partial charge in [0.15, 0.2) is 0 Å². The molecule has 1 saturated heterocycles. The van der Waals surface area contributed by atoms with Crippen molar-refractivity contribution in [2.75, 3.05) is 13.1 Å². The Balaban J connectivity index is 2.40. The number of alkyl halides is 3. The first-order valence-electron chi connectivity index (χ1n) is 5.95. The largest absolute Gasteiger partial charge is 0.417 e. The van der Waals surface area contributed by atoms with Gasteiger partial charge in [0.2, 0.25) is 0 Å². The van der Waals surface area contributed by atoms with E-state index in [9.17, 15) is 22.8 Å². The average Bonchev–Trinajstić information content (AvgIpc) is 2.30. The van der Waals surface area contributed by atoms with Crippen molar-refractivity contribution in [3.8, 4) is 0 Å². The van der Waals surface area contributed by atoms with Crippen LogP contribution in [0, 0.1) is 0 Å². The first-order valence-corrected chi connectivity index (χ1v) is 5.95. The number of nitrogens with zero attached hydrogens (tertiary/aromatic N) is 1. The molecule has 0 amide bonds. The van der Waals surface area contributed by atoms with Crippen molar-refractivity contribution in [3.63, 3.8) is 0 Å². The molecule has 8 heteroatoms. The van der Waals surface area contributed by atoms with Crippen molar-refractivity contribution in [2.24, 2.45) is 0 Å². The molecule has 5 nitrogen and oxygen atoms in total. The summed E-state index contributed by atoms with van der Waals surface area (Å²) in [7, 11) is 0. The predicted molar refractivity (Wildman–Crippen MR) is 65.7 cm³/mol. The number of benzene rings is 1. The molecule has 0 saturated carbocycles. The Morgan fingerprint density at radius 3 is 2.45 bits per heavy atom. The highest BCUT2D eigenvalue weighted by Gasteiger charge is 2.35. The van der Waals surface area contributed by atoms with Crippen LogP contribution in [0.15, 0.2) is 27.8 Å². The van der Waals surface area contributed by atoms with Crippen LogP contribution in [-0.4, -0.2) is 22.6 Å². The summed E-state index contributed by atoms with van der Waals surface area (Å²) in [6.07, 6.45) is -4.65. The van der Waals surface area contributed by atoms with Crippen molar-refractivity contribution in [1.82, 2.24) is 14.9 Å². The number of hydrogen-bond acceptors (Lipinski definition) is 3. The molecule has 106 valence electrons. The second-order valence-corrected chi connectivity index (χ2v) is 4.64. The van der Waals surface area contributed by atoms with E-state index < -0.39 is 34.4 Å². The lowest BCUT2D eigenvalue weighted by Gasteiger charge is -2.28. The van der Waals surface area contributed by atoms with Gasteiger partial charge in [-0.1, -0.05) is 6.07 Å². The van der Waals surface area contributed by atoms with Gasteiger partial charge in [0.05, 0.1) is 22.5 Å². The average molecular weight is 285 g/mol. The number of aromatic nitrogens is 2. The Hall–Kier alpha value is -2.09. The third-order valence-electron chi connectivity index (χ3n) is 3.39. The third kappa shape index (κ3) is 1.83. The number of aromatic amines is 1. The topological polar surface area (TPSA) is 66.9 Å². The summed E-state index contributed by atoms with van der Waals surface area (Å²) in [6, 6.07) is 2.88. The van der Waals surface area contributed by atoms with Gasteiger partial charge in [0, 0.05) is 13.1 Å². The van der Waals surface area contributed by atoms with Gasteiger partial charge in [-0.25, -0.2) is 4.79 Å². The molecule has 1 fully saturated rings. The van der Waals surface area contributed by atoms with Crippen LogP contribution in [0.25, 0.3) is 10.9 Å². The molecule has 3 rings (SSSR count). The highest BCUT2D eigenvalue weighted by atomic mass is 19.4. The third-order valence-corrected chi connectivity index (χ3v) is 3.39. The molecule has 0 aliphatic carbocycles. The molecule has 1 aromatic carbocycles. The van der Waals surface area contributed by atoms with E-state index in [1.165, 1.54) is 6.07 Å². The summed E-state index contributed by atoms with van der Waals surface area (Å²) in [5.41, 5.74) is -2.72. The fourth-order valence-electron chi connectivity index (χ4n) is 2.30. The van der Waals surface area contributed by atoms with Gasteiger partial charge < -0.3 is 10.3 Å². The summed E-state index contributed by atoms with van der Waals surface area (Å²) in [5, 5.41) is 2.38. The Labute approximate surface area is 110 Å². The van der Waals surface area contributed by atoms with Crippen LogP contribution in [-0.2, 0) is 6.18 Å². The molecule has 0 atom stereocenters. The van der Waals surface area contributed by atoms with Gasteiger partial charge in [0.25, 0.3) is 5.56 Å². The van der Waals surface area contributed by atoms with Gasteiger partial charge in [-0.2, -0.15) is 13.2 Å². The quantitative estimate of drug-likeness (QED) is 0.816. The molecule has 2 aromatic rings. The lowest BCUT2D eigenvalue weighted by atomic mass is 10.1. The highest BCUT2D eigenvalue weighted by Crippen LogP contribution is 2.32. The fourth-order valence-corrected chi connectivity index (χ4v) is 2.30. The standard InChI is InChI=1S/C12H10F3N3O2/c13-12(14,15)7-2-1-3-8-9(7)10(19)18(11(20)17-8)6-4-16-5-6/h1-3,6,16H,4-5H2,(H,17,20). The van der Waals surface area contributed by atoms with Crippen LogP contribution in [0.5, 0.6) is 0 Å². The zero-order valence-electron chi connectivity index (χ0n) is 10.1. The van der Waals surface area contributed by atoms with Crippen LogP contribution in [0.4, 0.5) is 13.2 Å². The molecule has 2 N–H and O–H groups in total. The number of fused-ring (bicyclic) bond motifs is 1. The van der Waals surface area contributed by atoms with Crippen molar-refractivity contribution < 1.29 is 13.2 Å². The van der Waals surface area contributed by atoms with Crippen LogP contribution < -0.4 is 16.6 Å². The second kappa shape index (κ2) is 4.20. The number of H-pyrrole nitrogens is 1. The first kappa shape index (κ1) is 12.9. The van der Waals surface area contributed by atoms with E-state index in [0.717, 1.165) is 16.7 Å². The smallest absolute Gasteiger partial charge is 0.312 e. The van der Waals surface area contributed by atoms with Crippen molar-refractivity contribution in [2.45, 2.75) is 12.2 Å². The molecule has 0 radical (unpaired) electrons. The Kier molecular flexibility index (Phi) is 2.72. The van der Waals surface area contributed by atoms with Crippen molar-refractivity contribution >= 4 is 10.9 Å². The summed E-state index contributed by atoms with van der Waals surface area (Å²) in [4.78, 5) is 26.5. The van der Waals surface area contributed by atoms with Gasteiger partial charge in [-0.3, -0.25) is 9.36 Å². The van der Waals surface area contributed by atoms with E-state index in [-0.39, 0.29) is 5.52 Å². The molecule has 0 spiro atoms. The van der Waals surface area contributed by atoms with Gasteiger partial charge >= 0.3 is 11.9 Å². The van der Waals surface area contributed by atoms with E-state index in [2.05, 4.69) is 10.3 Å². The molecular weight excluding hydrogens is 275 g/mol. The number of nitrogens with one attached hydrogen (secondary N) is 2. The van der Waals surface area contributed by atoms with Crippen LogP contribution in [0.3, 0.4) is 0 Å². The van der Waals surface area contributed by atoms with E-state index in [0.29, 0.717) is 13.1 Å². The molecule has 0 bridgehead atoms. The van der Waals surface area contributed by atoms with Crippen LogP contribution in [0.2, 0.25) is 0 Å². The minimum Gasteiger partial charge on any atom is -0.312 e. The van der Waals surface area contributed by atoms with Gasteiger partial charge in [0.1, 0.15) is 0 Å². The maximum atomic E-state index is 13.0. The zero-order chi connectivity index (χ0) is 14.5. The molecule has 0 unspecified atom stereocenters. The van der Waals surface area contributed by atoms with Crippen molar-refractivity contribution in [1.29, 1.82) is 0 Å². The summed E-state index contributed by atoms with van der Waals surface area (Å²) in [5.74, 6) is 0. The summed E-state index contributed by atoms with van der Waals surface area (Å²) in [6.45, 7) is 0.783. The Bertz CT molecular complexity index is 787. The molecular formula is C12H10F3N3O2. The normalized spacial score (nSPS) is 16.4. The number of hydrogen-bond donors (Lipinski definition) is 2. The van der Waals surface area contributed by atoms with Crippen molar-refractivity contribution in [3.05, 3.63) is 44.6 Å². The minimum atomic E-state index is -4.65. The maximum Gasteiger partial charge on any atom is 0.417 e. The predicted octanol–water partition coefficient (Wildman–Crippen LogP) is 0.853. The summed E-state index contributed by atoms with van der Waals surface area (Å²) >= 11 is 0. The van der Waals surface area contributed by atoms with Crippen LogP contribution in [0.1, 0.15) is 11.6 Å². The maximum absolute atomic E-state index is 13.0. The molecule has 1 aromatic heterocycles. The Morgan fingerprint density at radius 1 is 1.20 bits per heavy atom. The fraction of sp³-hybridized carbons (Fsp3) is 0.333. The monoisotopic (exact) mass is 285 g/mol. The molecule has 1 aliphatic heterocycles. The molecule has 2 heterocycles. The van der Waals surface area contributed by atoms with Gasteiger partial charge in [-0.05, 0) is 12.1 Å². The molecule has 1 aliphatic rings. The van der Waals surface area contributed by atoms with Crippen LogP contribution >= 0.6 is 0 Å². The minimum absolute atomic E-state index is 0.0987. The number of rotatable bonds is 1. The van der Waals surface area contributed by atoms with E-state index in [1.807, 2.05) is 0 Å². The second-order valence-electron chi connectivity index (χ2n) is 4.64. The zero-order valence-corrected chi connectivity index (χ0v) is 10.1. The van der Waals surface area contributed by atoms with E-state index >= 15 is 0 Å². The number of halogens is 3. The lowest BCUT2D eigenvalue weighted by molar-refractivity contribution is -0.136. The van der Waals surface area contributed by atoms with Gasteiger partial charge in [-0.15, -0.1) is 0 Å². The first-order chi connectivity index (χ1) is 9.39. The lowest BCUT2D eigenvalue weighted by Crippen LogP contribution is -2.52. The SMILES string of the molecule is O=c1[nH]c2cccc(C(F)(F)F)c2c(=O)n1C1CNC1. The van der Waals surface area contributed by atoms with E-state index in [1.54, 1.807) is 0 Å². The highest BCUT2D eigenvalue weighted by molar-refractivity contribution is 5.81. The summed E-state index contributed by atoms with van der Waals surface area (Å²) < 4.78 is 39.8. The Morgan fingerprint density at radius 2 is 1.90 bits per heavy atom. The molecule has 20 heavy (non-hydrogen) atoms.